The molecule has 0 bridgehead atoms. The second-order valence-corrected chi connectivity index (χ2v) is 8.23. The zero-order valence-corrected chi connectivity index (χ0v) is 19.6. The lowest BCUT2D eigenvalue weighted by atomic mass is 9.80. The first kappa shape index (κ1) is 23.2. The number of ether oxygens (including phenoxy) is 2. The summed E-state index contributed by atoms with van der Waals surface area (Å²) in [6.45, 7) is 7.44. The predicted molar refractivity (Wildman–Crippen MR) is 121 cm³/mol. The first-order valence-corrected chi connectivity index (χ1v) is 10.6. The molecule has 1 N–H and O–H groups in total. The summed E-state index contributed by atoms with van der Waals surface area (Å²) < 4.78 is 11.4. The minimum atomic E-state index is 0. The summed E-state index contributed by atoms with van der Waals surface area (Å²) in [7, 11) is 3.99. The van der Waals surface area contributed by atoms with Crippen LogP contribution >= 0.6 is 24.0 Å². The zero-order valence-electron chi connectivity index (χ0n) is 17.3. The maximum atomic E-state index is 5.79. The summed E-state index contributed by atoms with van der Waals surface area (Å²) in [6.07, 6.45) is 9.31. The smallest absolute Gasteiger partial charge is 0.193 e. The molecule has 3 aliphatic rings. The second-order valence-electron chi connectivity index (χ2n) is 8.23. The number of hydrogen-bond acceptors (Lipinski definition) is 4. The van der Waals surface area contributed by atoms with E-state index in [4.69, 9.17) is 9.47 Å². The molecule has 6 nitrogen and oxygen atoms in total. The van der Waals surface area contributed by atoms with E-state index in [2.05, 4.69) is 27.2 Å². The van der Waals surface area contributed by atoms with Crippen LogP contribution in [-0.4, -0.2) is 88.0 Å². The Morgan fingerprint density at radius 1 is 1.22 bits per heavy atom. The number of aliphatic imine (C=N–C) groups is 1. The number of morpholine rings is 1. The molecule has 3 rings (SSSR count). The maximum Gasteiger partial charge on any atom is 0.193 e. The Morgan fingerprint density at radius 2 is 1.93 bits per heavy atom. The van der Waals surface area contributed by atoms with Gasteiger partial charge < -0.3 is 19.7 Å². The van der Waals surface area contributed by atoms with Gasteiger partial charge in [-0.2, -0.15) is 0 Å². The molecule has 1 aliphatic heterocycles. The minimum Gasteiger partial charge on any atom is -0.379 e. The molecule has 1 saturated heterocycles. The van der Waals surface area contributed by atoms with Gasteiger partial charge >= 0.3 is 0 Å². The van der Waals surface area contributed by atoms with Gasteiger partial charge in [0.25, 0.3) is 0 Å². The molecule has 1 heterocycles. The van der Waals surface area contributed by atoms with Crippen molar-refractivity contribution >= 4 is 29.9 Å². The molecular formula is C20H39IN4O2. The first-order chi connectivity index (χ1) is 12.7. The van der Waals surface area contributed by atoms with E-state index in [1.54, 1.807) is 0 Å². The normalized spacial score (nSPS) is 23.6. The van der Waals surface area contributed by atoms with Crippen molar-refractivity contribution in [1.82, 2.24) is 15.1 Å². The quantitative estimate of drug-likeness (QED) is 0.243. The highest BCUT2D eigenvalue weighted by Crippen LogP contribution is 2.34. The highest BCUT2D eigenvalue weighted by atomic mass is 127. The first-order valence-electron chi connectivity index (χ1n) is 10.6. The molecule has 158 valence electrons. The van der Waals surface area contributed by atoms with Crippen LogP contribution in [0.3, 0.4) is 0 Å². The maximum absolute atomic E-state index is 5.79. The molecule has 0 unspecified atom stereocenters. The number of rotatable bonds is 8. The van der Waals surface area contributed by atoms with Crippen molar-refractivity contribution < 1.29 is 9.47 Å². The van der Waals surface area contributed by atoms with Crippen LogP contribution in [0.15, 0.2) is 4.99 Å². The van der Waals surface area contributed by atoms with Gasteiger partial charge in [0, 0.05) is 52.4 Å². The van der Waals surface area contributed by atoms with E-state index in [0.29, 0.717) is 0 Å². The zero-order chi connectivity index (χ0) is 18.2. The van der Waals surface area contributed by atoms with Crippen molar-refractivity contribution in [3.8, 4) is 0 Å². The highest BCUT2D eigenvalue weighted by molar-refractivity contribution is 14.0. The van der Waals surface area contributed by atoms with Gasteiger partial charge in [0.1, 0.15) is 0 Å². The molecule has 0 atom stereocenters. The number of nitrogens with one attached hydrogen (secondary N) is 1. The molecule has 27 heavy (non-hydrogen) atoms. The fourth-order valence-corrected chi connectivity index (χ4v) is 4.32. The Hall–Kier alpha value is -0.120. The third-order valence-corrected chi connectivity index (χ3v) is 6.24. The summed E-state index contributed by atoms with van der Waals surface area (Å²) in [5.74, 6) is 1.82. The Balaban J connectivity index is 0.00000261. The van der Waals surface area contributed by atoms with Gasteiger partial charge in [-0.3, -0.25) is 9.89 Å². The molecular weight excluding hydrogens is 455 g/mol. The van der Waals surface area contributed by atoms with Gasteiger partial charge in [0.15, 0.2) is 5.96 Å². The van der Waals surface area contributed by atoms with Gasteiger partial charge in [-0.1, -0.05) is 19.3 Å². The number of hydrogen-bond donors (Lipinski definition) is 1. The fourth-order valence-electron chi connectivity index (χ4n) is 4.32. The van der Waals surface area contributed by atoms with Crippen molar-refractivity contribution in [2.75, 3.05) is 66.7 Å². The van der Waals surface area contributed by atoms with Crippen LogP contribution in [0.25, 0.3) is 0 Å². The molecule has 0 amide bonds. The van der Waals surface area contributed by atoms with Crippen LogP contribution < -0.4 is 5.32 Å². The van der Waals surface area contributed by atoms with E-state index in [-0.39, 0.29) is 29.5 Å². The van der Waals surface area contributed by atoms with E-state index in [1.165, 1.54) is 44.9 Å². The summed E-state index contributed by atoms with van der Waals surface area (Å²) in [5, 5.41) is 3.68. The molecule has 0 radical (unpaired) electrons. The largest absolute Gasteiger partial charge is 0.379 e. The van der Waals surface area contributed by atoms with Crippen molar-refractivity contribution in [1.29, 1.82) is 0 Å². The van der Waals surface area contributed by atoms with Crippen LogP contribution in [0, 0.1) is 5.92 Å². The third kappa shape index (κ3) is 7.01. The molecule has 0 spiro atoms. The van der Waals surface area contributed by atoms with Crippen molar-refractivity contribution in [2.24, 2.45) is 10.9 Å². The number of likely N-dealkylation sites (N-methyl/N-ethyl adjacent to an activating group) is 1. The SMILES string of the molecule is CN=C(NCC1(N2CCOCC2)CCCCC1)N(C)CCOCC1CC1.I. The molecule has 7 heteroatoms. The monoisotopic (exact) mass is 494 g/mol. The van der Waals surface area contributed by atoms with Crippen molar-refractivity contribution in [2.45, 2.75) is 50.5 Å². The summed E-state index contributed by atoms with van der Waals surface area (Å²) >= 11 is 0. The van der Waals surface area contributed by atoms with Gasteiger partial charge in [-0.15, -0.1) is 24.0 Å². The molecule has 0 aromatic carbocycles. The standard InChI is InChI=1S/C20H38N4O2.HI/c1-21-19(23(2)10-13-26-16-18-6-7-18)22-17-20(8-4-3-5-9-20)24-11-14-25-15-12-24;/h18H,3-17H2,1-2H3,(H,21,22);1H. The van der Waals surface area contributed by atoms with Crippen LogP contribution in [0.1, 0.15) is 44.9 Å². The average molecular weight is 494 g/mol. The summed E-state index contributed by atoms with van der Waals surface area (Å²) in [6, 6.07) is 0. The van der Waals surface area contributed by atoms with Crippen LogP contribution in [0.2, 0.25) is 0 Å². The third-order valence-electron chi connectivity index (χ3n) is 6.24. The lowest BCUT2D eigenvalue weighted by molar-refractivity contribution is -0.0354. The summed E-state index contributed by atoms with van der Waals surface area (Å²) in [4.78, 5) is 9.38. The number of halogens is 1. The van der Waals surface area contributed by atoms with E-state index < -0.39 is 0 Å². The van der Waals surface area contributed by atoms with Gasteiger partial charge in [0.05, 0.1) is 19.8 Å². The molecule has 0 aromatic heterocycles. The van der Waals surface area contributed by atoms with E-state index in [9.17, 15) is 0 Å². The van der Waals surface area contributed by atoms with Gasteiger partial charge in [-0.25, -0.2) is 0 Å². The molecule has 2 saturated carbocycles. The van der Waals surface area contributed by atoms with Crippen molar-refractivity contribution in [3.05, 3.63) is 0 Å². The second kappa shape index (κ2) is 11.8. The van der Waals surface area contributed by atoms with E-state index in [1.807, 2.05) is 7.05 Å². The molecule has 2 aliphatic carbocycles. The Bertz CT molecular complexity index is 447. The Morgan fingerprint density at radius 3 is 2.56 bits per heavy atom. The lowest BCUT2D eigenvalue weighted by Gasteiger charge is -2.48. The average Bonchev–Trinajstić information content (AvgIpc) is 3.51. The predicted octanol–water partition coefficient (Wildman–Crippen LogP) is 2.57. The molecule has 3 fully saturated rings. The van der Waals surface area contributed by atoms with E-state index >= 15 is 0 Å². The number of nitrogens with zero attached hydrogens (tertiary/aromatic N) is 3. The van der Waals surface area contributed by atoms with Gasteiger partial charge in [-0.05, 0) is 31.6 Å². The topological polar surface area (TPSA) is 49.3 Å². The fraction of sp³-hybridized carbons (Fsp3) is 0.950. The van der Waals surface area contributed by atoms with Gasteiger partial charge in [0.2, 0.25) is 0 Å². The lowest BCUT2D eigenvalue weighted by Crippen LogP contribution is -2.60. The minimum absolute atomic E-state index is 0. The van der Waals surface area contributed by atoms with Crippen LogP contribution in [0.4, 0.5) is 0 Å². The van der Waals surface area contributed by atoms with Crippen LogP contribution in [-0.2, 0) is 9.47 Å². The van der Waals surface area contributed by atoms with Crippen molar-refractivity contribution in [3.63, 3.8) is 0 Å². The summed E-state index contributed by atoms with van der Waals surface area (Å²) in [5.41, 5.74) is 0.265. The Labute approximate surface area is 182 Å². The number of guanidine groups is 1. The Kier molecular flexibility index (Phi) is 10.1. The van der Waals surface area contributed by atoms with E-state index in [0.717, 1.165) is 64.5 Å². The van der Waals surface area contributed by atoms with Crippen LogP contribution in [0.5, 0.6) is 0 Å². The highest BCUT2D eigenvalue weighted by Gasteiger charge is 2.38. The molecule has 0 aromatic rings.